The average Bonchev–Trinajstić information content (AvgIpc) is 3.22. The summed E-state index contributed by atoms with van der Waals surface area (Å²) in [6.07, 6.45) is 0.794. The van der Waals surface area contributed by atoms with Crippen LogP contribution in [0.4, 0.5) is 0 Å². The number of fused-ring (bicyclic) bond motifs is 2. The number of hydrogen-bond acceptors (Lipinski definition) is 7. The van der Waals surface area contributed by atoms with Gasteiger partial charge in [0.15, 0.2) is 23.0 Å². The molecule has 1 aliphatic carbocycles. The minimum Gasteiger partial charge on any atom is -0.493 e. The third-order valence-corrected chi connectivity index (χ3v) is 6.15. The second kappa shape index (κ2) is 8.34. The number of benzene rings is 2. The summed E-state index contributed by atoms with van der Waals surface area (Å²) in [5.74, 6) is 3.65. The second-order valence-electron chi connectivity index (χ2n) is 7.59. The van der Waals surface area contributed by atoms with Crippen molar-refractivity contribution in [1.82, 2.24) is 0 Å². The predicted molar refractivity (Wildman–Crippen MR) is 109 cm³/mol. The average molecular weight is 414 g/mol. The van der Waals surface area contributed by atoms with Crippen LogP contribution in [-0.2, 0) is 16.0 Å². The molecule has 1 aliphatic heterocycles. The highest BCUT2D eigenvalue weighted by atomic mass is 16.7. The molecule has 2 aromatic carbocycles. The molecule has 2 aliphatic rings. The first kappa shape index (κ1) is 20.2. The van der Waals surface area contributed by atoms with Gasteiger partial charge in [-0.15, -0.1) is 0 Å². The van der Waals surface area contributed by atoms with Crippen molar-refractivity contribution in [2.75, 3.05) is 34.7 Å². The van der Waals surface area contributed by atoms with Crippen molar-refractivity contribution in [3.63, 3.8) is 0 Å². The molecular formula is C23H26O7. The Kier molecular flexibility index (Phi) is 5.61. The topological polar surface area (TPSA) is 72.5 Å². The summed E-state index contributed by atoms with van der Waals surface area (Å²) < 4.78 is 33.0. The lowest BCUT2D eigenvalue weighted by Gasteiger charge is -2.38. The van der Waals surface area contributed by atoms with Gasteiger partial charge in [0, 0.05) is 11.8 Å². The van der Waals surface area contributed by atoms with E-state index in [9.17, 15) is 4.79 Å². The molecule has 0 amide bonds. The van der Waals surface area contributed by atoms with Gasteiger partial charge in [-0.25, -0.2) is 0 Å². The number of ether oxygens (including phenoxy) is 6. The molecule has 0 N–H and O–H groups in total. The fourth-order valence-corrected chi connectivity index (χ4v) is 4.63. The summed E-state index contributed by atoms with van der Waals surface area (Å²) in [6.45, 7) is 3.27. The Hall–Kier alpha value is -3.09. The molecule has 4 rings (SSSR count). The Balaban J connectivity index is 1.86. The summed E-state index contributed by atoms with van der Waals surface area (Å²) in [7, 11) is 4.81. The number of carbonyl (C=O) groups excluding carboxylic acids is 1. The summed E-state index contributed by atoms with van der Waals surface area (Å²) in [6, 6.07) is 8.08. The van der Waals surface area contributed by atoms with Crippen LogP contribution in [0.15, 0.2) is 24.3 Å². The monoisotopic (exact) mass is 414 g/mol. The van der Waals surface area contributed by atoms with Crippen LogP contribution >= 0.6 is 0 Å². The summed E-state index contributed by atoms with van der Waals surface area (Å²) in [5.41, 5.74) is 3.37. The zero-order valence-corrected chi connectivity index (χ0v) is 17.6. The van der Waals surface area contributed by atoms with Gasteiger partial charge in [-0.05, 0) is 53.3 Å². The van der Waals surface area contributed by atoms with Gasteiger partial charge in [-0.3, -0.25) is 4.79 Å². The maximum atomic E-state index is 10.8. The van der Waals surface area contributed by atoms with Gasteiger partial charge in [0.25, 0.3) is 6.47 Å². The molecule has 0 bridgehead atoms. The van der Waals surface area contributed by atoms with Crippen molar-refractivity contribution >= 4 is 6.47 Å². The number of rotatable bonds is 7. The molecule has 2 aromatic rings. The van der Waals surface area contributed by atoms with E-state index in [2.05, 4.69) is 13.0 Å². The third-order valence-electron chi connectivity index (χ3n) is 6.15. The van der Waals surface area contributed by atoms with Gasteiger partial charge in [0.05, 0.1) is 27.9 Å². The lowest BCUT2D eigenvalue weighted by molar-refractivity contribution is -0.130. The van der Waals surface area contributed by atoms with Crippen LogP contribution in [0.1, 0.15) is 29.5 Å². The highest BCUT2D eigenvalue weighted by molar-refractivity contribution is 5.58. The van der Waals surface area contributed by atoms with Gasteiger partial charge >= 0.3 is 0 Å². The van der Waals surface area contributed by atoms with Crippen molar-refractivity contribution < 1.29 is 33.2 Å². The predicted octanol–water partition coefficient (Wildman–Crippen LogP) is 3.55. The van der Waals surface area contributed by atoms with E-state index in [-0.39, 0.29) is 24.5 Å². The highest BCUT2D eigenvalue weighted by Crippen LogP contribution is 2.50. The number of carbonyl (C=O) groups is 1. The molecule has 0 aromatic heterocycles. The van der Waals surface area contributed by atoms with Crippen LogP contribution in [0.2, 0.25) is 0 Å². The fourth-order valence-electron chi connectivity index (χ4n) is 4.63. The molecule has 0 saturated carbocycles. The molecule has 0 spiro atoms. The SMILES string of the molecule is COc1cc([C@@H]2c3cc4c(cc3C[C@@H](COC=O)[C@@H]2C)OCO4)cc(OC)c1OC. The molecular weight excluding hydrogens is 388 g/mol. The Morgan fingerprint density at radius 3 is 2.27 bits per heavy atom. The second-order valence-corrected chi connectivity index (χ2v) is 7.59. The van der Waals surface area contributed by atoms with Gasteiger partial charge in [0.1, 0.15) is 0 Å². The van der Waals surface area contributed by atoms with Crippen LogP contribution in [0, 0.1) is 11.8 Å². The largest absolute Gasteiger partial charge is 0.493 e. The molecule has 0 saturated heterocycles. The van der Waals surface area contributed by atoms with Crippen molar-refractivity contribution in [3.8, 4) is 28.7 Å². The molecule has 7 nitrogen and oxygen atoms in total. The van der Waals surface area contributed by atoms with Crippen LogP contribution < -0.4 is 23.7 Å². The maximum Gasteiger partial charge on any atom is 0.293 e. The van der Waals surface area contributed by atoms with E-state index in [1.54, 1.807) is 21.3 Å². The minimum atomic E-state index is 0.0252. The standard InChI is InChI=1S/C23H26O7/c1-13-16(10-28-11-24)5-14-6-18-19(30-12-29-18)9-17(14)22(13)15-7-20(25-2)23(27-4)21(8-15)26-3/h6-9,11,13,16,22H,5,10,12H2,1-4H3/t13-,16-,22+/m0/s1. The molecule has 0 radical (unpaired) electrons. The molecule has 30 heavy (non-hydrogen) atoms. The van der Waals surface area contributed by atoms with E-state index in [1.807, 2.05) is 18.2 Å². The van der Waals surface area contributed by atoms with E-state index in [4.69, 9.17) is 28.4 Å². The van der Waals surface area contributed by atoms with Crippen LogP contribution in [0.5, 0.6) is 28.7 Å². The fraction of sp³-hybridized carbons (Fsp3) is 0.435. The Morgan fingerprint density at radius 1 is 1.00 bits per heavy atom. The quantitative estimate of drug-likeness (QED) is 0.642. The first-order valence-corrected chi connectivity index (χ1v) is 9.88. The Morgan fingerprint density at radius 2 is 1.67 bits per heavy atom. The van der Waals surface area contributed by atoms with Crippen LogP contribution in [-0.4, -0.2) is 41.2 Å². The van der Waals surface area contributed by atoms with Crippen molar-refractivity contribution in [3.05, 3.63) is 41.0 Å². The minimum absolute atomic E-state index is 0.0252. The van der Waals surface area contributed by atoms with E-state index in [0.717, 1.165) is 29.0 Å². The smallest absolute Gasteiger partial charge is 0.293 e. The Labute approximate surface area is 175 Å². The zero-order chi connectivity index (χ0) is 21.3. The molecule has 0 unspecified atom stereocenters. The molecule has 0 fully saturated rings. The summed E-state index contributed by atoms with van der Waals surface area (Å²) in [5, 5.41) is 0. The number of hydrogen-bond donors (Lipinski definition) is 0. The van der Waals surface area contributed by atoms with Crippen molar-refractivity contribution in [2.24, 2.45) is 11.8 Å². The zero-order valence-electron chi connectivity index (χ0n) is 17.6. The highest BCUT2D eigenvalue weighted by Gasteiger charge is 2.37. The summed E-state index contributed by atoms with van der Waals surface area (Å²) >= 11 is 0. The Bertz CT molecular complexity index is 914. The van der Waals surface area contributed by atoms with E-state index in [1.165, 1.54) is 5.56 Å². The van der Waals surface area contributed by atoms with Gasteiger partial charge in [-0.1, -0.05) is 6.92 Å². The van der Waals surface area contributed by atoms with E-state index >= 15 is 0 Å². The first-order valence-electron chi connectivity index (χ1n) is 9.88. The lowest BCUT2D eigenvalue weighted by Crippen LogP contribution is -2.31. The third kappa shape index (κ3) is 3.38. The molecule has 160 valence electrons. The van der Waals surface area contributed by atoms with E-state index in [0.29, 0.717) is 30.3 Å². The maximum absolute atomic E-state index is 10.8. The molecule has 3 atom stereocenters. The van der Waals surface area contributed by atoms with E-state index < -0.39 is 0 Å². The lowest BCUT2D eigenvalue weighted by atomic mass is 9.67. The van der Waals surface area contributed by atoms with Crippen molar-refractivity contribution in [2.45, 2.75) is 19.3 Å². The van der Waals surface area contributed by atoms with Gasteiger partial charge in [-0.2, -0.15) is 0 Å². The van der Waals surface area contributed by atoms with Crippen LogP contribution in [0.3, 0.4) is 0 Å². The van der Waals surface area contributed by atoms with Gasteiger partial charge < -0.3 is 28.4 Å². The molecule has 1 heterocycles. The normalized spacial score (nSPS) is 21.5. The number of methoxy groups -OCH3 is 3. The van der Waals surface area contributed by atoms with Crippen molar-refractivity contribution in [1.29, 1.82) is 0 Å². The first-order chi connectivity index (χ1) is 14.6. The molecule has 7 heteroatoms. The van der Waals surface area contributed by atoms with Crippen LogP contribution in [0.25, 0.3) is 0 Å². The van der Waals surface area contributed by atoms with Gasteiger partial charge in [0.2, 0.25) is 12.5 Å². The summed E-state index contributed by atoms with van der Waals surface area (Å²) in [4.78, 5) is 10.8.